The van der Waals surface area contributed by atoms with Gasteiger partial charge in [-0.25, -0.2) is 14.5 Å². The van der Waals surface area contributed by atoms with Crippen LogP contribution < -0.4 is 4.74 Å². The highest BCUT2D eigenvalue weighted by Crippen LogP contribution is 2.24. The summed E-state index contributed by atoms with van der Waals surface area (Å²) in [4.78, 5) is 20.8. The predicted octanol–water partition coefficient (Wildman–Crippen LogP) is 3.73. The quantitative estimate of drug-likeness (QED) is 0.640. The minimum Gasteiger partial charge on any atom is -0.465 e. The average molecular weight is 366 g/mol. The van der Waals surface area contributed by atoms with Crippen molar-refractivity contribution in [2.24, 2.45) is 0 Å². The molecule has 0 spiro atoms. The van der Waals surface area contributed by atoms with Crippen LogP contribution in [0.5, 0.6) is 11.6 Å². The number of methoxy groups -OCH3 is 1. The summed E-state index contributed by atoms with van der Waals surface area (Å²) in [7, 11) is 1.35. The van der Waals surface area contributed by atoms with Gasteiger partial charge in [0.05, 0.1) is 19.0 Å². The molecule has 0 aliphatic heterocycles. The number of carbonyl (C=O) groups excluding carboxylic acids is 1. The molecule has 140 valence electrons. The summed E-state index contributed by atoms with van der Waals surface area (Å²) in [6.45, 7) is 7.76. The minimum atomic E-state index is -0.421. The van der Waals surface area contributed by atoms with E-state index < -0.39 is 5.97 Å². The lowest BCUT2D eigenvalue weighted by molar-refractivity contribution is 0.0599. The van der Waals surface area contributed by atoms with Crippen LogP contribution in [0.4, 0.5) is 0 Å². The van der Waals surface area contributed by atoms with Crippen LogP contribution in [0.3, 0.4) is 0 Å². The first kappa shape index (κ1) is 18.6. The van der Waals surface area contributed by atoms with Crippen LogP contribution in [-0.4, -0.2) is 32.8 Å². The highest BCUT2D eigenvalue weighted by molar-refractivity contribution is 5.90. The second-order valence-electron chi connectivity index (χ2n) is 6.30. The van der Waals surface area contributed by atoms with Gasteiger partial charge in [-0.1, -0.05) is 13.0 Å². The second-order valence-corrected chi connectivity index (χ2v) is 6.30. The smallest absolute Gasteiger partial charge is 0.341 e. The van der Waals surface area contributed by atoms with E-state index in [0.29, 0.717) is 35.3 Å². The van der Waals surface area contributed by atoms with E-state index in [0.717, 1.165) is 16.8 Å². The molecule has 0 saturated carbocycles. The maximum atomic E-state index is 11.9. The molecule has 2 heterocycles. The molecule has 0 bridgehead atoms. The van der Waals surface area contributed by atoms with Crippen molar-refractivity contribution in [1.82, 2.24) is 19.7 Å². The Balaban J connectivity index is 2.01. The van der Waals surface area contributed by atoms with Crippen LogP contribution in [-0.2, 0) is 11.2 Å². The molecule has 0 fully saturated rings. The molecular formula is C20H22N4O3. The lowest BCUT2D eigenvalue weighted by Gasteiger charge is -2.11. The van der Waals surface area contributed by atoms with Crippen molar-refractivity contribution in [2.45, 2.75) is 34.1 Å². The maximum Gasteiger partial charge on any atom is 0.341 e. The summed E-state index contributed by atoms with van der Waals surface area (Å²) >= 11 is 0. The largest absolute Gasteiger partial charge is 0.465 e. The molecule has 7 nitrogen and oxygen atoms in total. The van der Waals surface area contributed by atoms with Crippen LogP contribution in [0, 0.1) is 20.8 Å². The standard InChI is InChI=1S/C20H22N4O3/c1-6-17-16(20(25)26-5)11-21-24(17)18-10-19(23-14(4)22-18)27-15-8-12(2)7-13(3)9-15/h7-11H,6H2,1-5H3. The van der Waals surface area contributed by atoms with Gasteiger partial charge in [0.2, 0.25) is 5.88 Å². The van der Waals surface area contributed by atoms with Crippen LogP contribution >= 0.6 is 0 Å². The lowest BCUT2D eigenvalue weighted by atomic mass is 10.1. The zero-order valence-corrected chi connectivity index (χ0v) is 16.1. The Kier molecular flexibility index (Phi) is 5.21. The molecular weight excluding hydrogens is 344 g/mol. The first-order valence-electron chi connectivity index (χ1n) is 8.68. The summed E-state index contributed by atoms with van der Waals surface area (Å²) in [6, 6.07) is 7.68. The van der Waals surface area contributed by atoms with Gasteiger partial charge in [0.1, 0.15) is 17.1 Å². The summed E-state index contributed by atoms with van der Waals surface area (Å²) in [5.74, 6) is 1.79. The molecule has 0 aliphatic carbocycles. The molecule has 2 aromatic heterocycles. The molecule has 0 aliphatic rings. The van der Waals surface area contributed by atoms with Crippen molar-refractivity contribution >= 4 is 5.97 Å². The van der Waals surface area contributed by atoms with Crippen LogP contribution in [0.1, 0.15) is 39.9 Å². The van der Waals surface area contributed by atoms with Gasteiger partial charge in [0.25, 0.3) is 0 Å². The van der Waals surface area contributed by atoms with Crippen molar-refractivity contribution in [3.8, 4) is 17.4 Å². The lowest BCUT2D eigenvalue weighted by Crippen LogP contribution is -2.09. The van der Waals surface area contributed by atoms with E-state index in [4.69, 9.17) is 9.47 Å². The van der Waals surface area contributed by atoms with Gasteiger partial charge in [0, 0.05) is 6.07 Å². The number of aryl methyl sites for hydroxylation is 3. The first-order valence-corrected chi connectivity index (χ1v) is 8.68. The summed E-state index contributed by atoms with van der Waals surface area (Å²) in [5.41, 5.74) is 3.36. The molecule has 3 aromatic rings. The molecule has 0 radical (unpaired) electrons. The maximum absolute atomic E-state index is 11.9. The Labute approximate surface area is 158 Å². The number of aromatic nitrogens is 4. The number of hydrogen-bond donors (Lipinski definition) is 0. The normalized spacial score (nSPS) is 10.7. The van der Waals surface area contributed by atoms with Crippen molar-refractivity contribution in [3.05, 3.63) is 58.7 Å². The Morgan fingerprint density at radius 1 is 1.07 bits per heavy atom. The van der Waals surface area contributed by atoms with E-state index in [1.807, 2.05) is 32.9 Å². The van der Waals surface area contributed by atoms with Crippen molar-refractivity contribution in [1.29, 1.82) is 0 Å². The van der Waals surface area contributed by atoms with Gasteiger partial charge in [-0.15, -0.1) is 0 Å². The van der Waals surface area contributed by atoms with Gasteiger partial charge >= 0.3 is 5.97 Å². The zero-order chi connectivity index (χ0) is 19.6. The summed E-state index contributed by atoms with van der Waals surface area (Å²) in [5, 5.41) is 4.31. The van der Waals surface area contributed by atoms with Gasteiger partial charge in [-0.3, -0.25) is 0 Å². The molecule has 3 rings (SSSR count). The topological polar surface area (TPSA) is 79.1 Å². The van der Waals surface area contributed by atoms with Gasteiger partial charge in [-0.2, -0.15) is 10.1 Å². The number of esters is 1. The Morgan fingerprint density at radius 3 is 2.41 bits per heavy atom. The number of nitrogens with zero attached hydrogens (tertiary/aromatic N) is 4. The van der Waals surface area contributed by atoms with Gasteiger partial charge in [0.15, 0.2) is 5.82 Å². The van der Waals surface area contributed by atoms with E-state index in [2.05, 4.69) is 21.1 Å². The minimum absolute atomic E-state index is 0.416. The fraction of sp³-hybridized carbons (Fsp3) is 0.300. The first-order chi connectivity index (χ1) is 12.9. The van der Waals surface area contributed by atoms with Crippen molar-refractivity contribution in [2.75, 3.05) is 7.11 Å². The van der Waals surface area contributed by atoms with Crippen LogP contribution in [0.25, 0.3) is 5.82 Å². The summed E-state index contributed by atoms with van der Waals surface area (Å²) in [6.07, 6.45) is 2.09. The number of rotatable bonds is 5. The van der Waals surface area contributed by atoms with Gasteiger partial charge < -0.3 is 9.47 Å². The Hall–Kier alpha value is -3.22. The molecule has 0 unspecified atom stereocenters. The van der Waals surface area contributed by atoms with E-state index in [1.165, 1.54) is 13.3 Å². The average Bonchev–Trinajstić information content (AvgIpc) is 3.03. The highest BCUT2D eigenvalue weighted by Gasteiger charge is 2.19. The fourth-order valence-electron chi connectivity index (χ4n) is 2.99. The monoisotopic (exact) mass is 366 g/mol. The molecule has 0 amide bonds. The van der Waals surface area contributed by atoms with E-state index in [1.54, 1.807) is 17.7 Å². The molecule has 27 heavy (non-hydrogen) atoms. The predicted molar refractivity (Wildman–Crippen MR) is 101 cm³/mol. The number of hydrogen-bond acceptors (Lipinski definition) is 6. The molecule has 0 N–H and O–H groups in total. The van der Waals surface area contributed by atoms with E-state index in [9.17, 15) is 4.79 Å². The zero-order valence-electron chi connectivity index (χ0n) is 16.1. The fourth-order valence-corrected chi connectivity index (χ4v) is 2.99. The van der Waals surface area contributed by atoms with Crippen molar-refractivity contribution < 1.29 is 14.3 Å². The number of ether oxygens (including phenoxy) is 2. The van der Waals surface area contributed by atoms with E-state index >= 15 is 0 Å². The molecule has 0 atom stereocenters. The van der Waals surface area contributed by atoms with Crippen molar-refractivity contribution in [3.63, 3.8) is 0 Å². The SMILES string of the molecule is CCc1c(C(=O)OC)cnn1-c1cc(Oc2cc(C)cc(C)c2)nc(C)n1. The number of carbonyl (C=O) groups is 1. The van der Waals surface area contributed by atoms with E-state index in [-0.39, 0.29) is 0 Å². The summed E-state index contributed by atoms with van der Waals surface area (Å²) < 4.78 is 12.4. The van der Waals surface area contributed by atoms with Gasteiger partial charge in [-0.05, 0) is 50.5 Å². The third-order valence-corrected chi connectivity index (χ3v) is 4.04. The highest BCUT2D eigenvalue weighted by atomic mass is 16.5. The Bertz CT molecular complexity index is 975. The molecule has 0 saturated heterocycles. The van der Waals surface area contributed by atoms with Crippen LogP contribution in [0.15, 0.2) is 30.5 Å². The second kappa shape index (κ2) is 7.57. The Morgan fingerprint density at radius 2 is 1.78 bits per heavy atom. The molecule has 1 aromatic carbocycles. The number of benzene rings is 1. The van der Waals surface area contributed by atoms with Crippen LogP contribution in [0.2, 0.25) is 0 Å². The third kappa shape index (κ3) is 3.97. The molecule has 7 heteroatoms. The third-order valence-electron chi connectivity index (χ3n) is 4.04.